The van der Waals surface area contributed by atoms with Gasteiger partial charge in [0.1, 0.15) is 19.3 Å². The minimum atomic E-state index is -1.48. The Labute approximate surface area is 174 Å². The molecule has 0 saturated carbocycles. The summed E-state index contributed by atoms with van der Waals surface area (Å²) in [4.78, 5) is 46.6. The molecule has 0 unspecified atom stereocenters. The summed E-state index contributed by atoms with van der Waals surface area (Å²) in [5.41, 5.74) is 0.0372. The SMILES string of the molecule is CC(=O)OC[C@@H]1O[C@@](COC(C)=O)(c2ccc(C)cc2)[C@H](OC(C)=O)[C@@H]1OC(C)=O. The molecular weight excluding hydrogens is 396 g/mol. The van der Waals surface area contributed by atoms with Crippen molar-refractivity contribution in [3.05, 3.63) is 35.4 Å². The van der Waals surface area contributed by atoms with Gasteiger partial charge in [-0.2, -0.15) is 0 Å². The molecular formula is C21H26O9. The predicted octanol–water partition coefficient (Wildman–Crippen LogP) is 1.58. The molecule has 0 bridgehead atoms. The third kappa shape index (κ3) is 5.56. The topological polar surface area (TPSA) is 114 Å². The fourth-order valence-electron chi connectivity index (χ4n) is 3.34. The Bertz CT molecular complexity index is 801. The van der Waals surface area contributed by atoms with Crippen LogP contribution in [0.5, 0.6) is 0 Å². The van der Waals surface area contributed by atoms with Crippen LogP contribution in [0.25, 0.3) is 0 Å². The zero-order valence-electron chi connectivity index (χ0n) is 17.6. The second-order valence-corrected chi connectivity index (χ2v) is 7.10. The summed E-state index contributed by atoms with van der Waals surface area (Å²) in [5, 5.41) is 0. The van der Waals surface area contributed by atoms with Crippen LogP contribution in [0.2, 0.25) is 0 Å². The highest BCUT2D eigenvalue weighted by molar-refractivity contribution is 5.68. The minimum absolute atomic E-state index is 0.251. The Kier molecular flexibility index (Phi) is 7.55. The molecule has 1 fully saturated rings. The number of rotatable bonds is 7. The first-order valence-electron chi connectivity index (χ1n) is 9.41. The van der Waals surface area contributed by atoms with Gasteiger partial charge in [-0.25, -0.2) is 0 Å². The highest BCUT2D eigenvalue weighted by atomic mass is 16.7. The lowest BCUT2D eigenvalue weighted by atomic mass is 9.87. The molecule has 1 aromatic carbocycles. The van der Waals surface area contributed by atoms with Crippen molar-refractivity contribution < 1.29 is 42.9 Å². The van der Waals surface area contributed by atoms with Crippen molar-refractivity contribution >= 4 is 23.9 Å². The summed E-state index contributed by atoms with van der Waals surface area (Å²) in [5.74, 6) is -2.41. The molecule has 0 aliphatic carbocycles. The van der Waals surface area contributed by atoms with Gasteiger partial charge in [0.25, 0.3) is 0 Å². The second kappa shape index (κ2) is 9.71. The molecule has 0 radical (unpaired) electrons. The average Bonchev–Trinajstić information content (AvgIpc) is 2.92. The van der Waals surface area contributed by atoms with E-state index in [-0.39, 0.29) is 13.2 Å². The number of carbonyl (C=O) groups excluding carboxylic acids is 4. The Morgan fingerprint density at radius 2 is 1.43 bits per heavy atom. The number of ether oxygens (including phenoxy) is 5. The van der Waals surface area contributed by atoms with Crippen LogP contribution < -0.4 is 0 Å². The molecule has 1 saturated heterocycles. The van der Waals surface area contributed by atoms with Crippen molar-refractivity contribution in [3.63, 3.8) is 0 Å². The first-order valence-corrected chi connectivity index (χ1v) is 9.41. The summed E-state index contributed by atoms with van der Waals surface area (Å²) >= 11 is 0. The van der Waals surface area contributed by atoms with Crippen molar-refractivity contribution in [1.82, 2.24) is 0 Å². The zero-order valence-corrected chi connectivity index (χ0v) is 17.6. The fourth-order valence-corrected chi connectivity index (χ4v) is 3.34. The van der Waals surface area contributed by atoms with Gasteiger partial charge in [0.05, 0.1) is 0 Å². The molecule has 0 amide bonds. The van der Waals surface area contributed by atoms with E-state index in [0.29, 0.717) is 5.56 Å². The lowest BCUT2D eigenvalue weighted by molar-refractivity contribution is -0.179. The molecule has 0 aromatic heterocycles. The van der Waals surface area contributed by atoms with Gasteiger partial charge in [-0.15, -0.1) is 0 Å². The molecule has 1 aromatic rings. The number of aryl methyl sites for hydroxylation is 1. The van der Waals surface area contributed by atoms with Crippen molar-refractivity contribution in [2.45, 2.75) is 58.5 Å². The normalized spacial score (nSPS) is 25.3. The highest BCUT2D eigenvalue weighted by Gasteiger charge is 2.61. The number of esters is 4. The van der Waals surface area contributed by atoms with E-state index in [4.69, 9.17) is 23.7 Å². The molecule has 1 aliphatic heterocycles. The number of benzene rings is 1. The molecule has 1 heterocycles. The van der Waals surface area contributed by atoms with E-state index in [1.165, 1.54) is 27.7 Å². The van der Waals surface area contributed by atoms with Crippen molar-refractivity contribution in [2.75, 3.05) is 13.2 Å². The predicted molar refractivity (Wildman–Crippen MR) is 102 cm³/mol. The van der Waals surface area contributed by atoms with Gasteiger partial charge in [0.2, 0.25) is 0 Å². The van der Waals surface area contributed by atoms with Gasteiger partial charge in [0.15, 0.2) is 17.8 Å². The first-order chi connectivity index (χ1) is 14.0. The van der Waals surface area contributed by atoms with Gasteiger partial charge in [-0.1, -0.05) is 29.8 Å². The van der Waals surface area contributed by atoms with Crippen LogP contribution >= 0.6 is 0 Å². The minimum Gasteiger partial charge on any atom is -0.463 e. The Morgan fingerprint density at radius 3 is 1.93 bits per heavy atom. The maximum atomic E-state index is 11.9. The lowest BCUT2D eigenvalue weighted by Gasteiger charge is -2.34. The van der Waals surface area contributed by atoms with E-state index in [1.807, 2.05) is 19.1 Å². The van der Waals surface area contributed by atoms with Crippen LogP contribution in [0.3, 0.4) is 0 Å². The Morgan fingerprint density at radius 1 is 0.867 bits per heavy atom. The van der Waals surface area contributed by atoms with E-state index in [9.17, 15) is 19.2 Å². The largest absolute Gasteiger partial charge is 0.463 e. The standard InChI is InChI=1S/C21H26O9/c1-12-6-8-17(9-7-12)21(11-27-14(3)23)20(29-16(5)25)19(28-15(4)24)18(30-21)10-26-13(2)22/h6-9,18-20H,10-11H2,1-5H3/t18-,19+,20+,21-/m0/s1. The van der Waals surface area contributed by atoms with Crippen LogP contribution in [0.4, 0.5) is 0 Å². The van der Waals surface area contributed by atoms with Crippen LogP contribution in [-0.4, -0.2) is 55.4 Å². The van der Waals surface area contributed by atoms with Gasteiger partial charge in [-0.05, 0) is 12.5 Å². The quantitative estimate of drug-likeness (QED) is 0.477. The van der Waals surface area contributed by atoms with Gasteiger partial charge >= 0.3 is 23.9 Å². The third-order valence-electron chi connectivity index (χ3n) is 4.56. The van der Waals surface area contributed by atoms with Gasteiger partial charge < -0.3 is 23.7 Å². The summed E-state index contributed by atoms with van der Waals surface area (Å²) in [6, 6.07) is 7.13. The van der Waals surface area contributed by atoms with E-state index >= 15 is 0 Å². The van der Waals surface area contributed by atoms with E-state index < -0.39 is 47.8 Å². The van der Waals surface area contributed by atoms with Crippen LogP contribution in [0, 0.1) is 6.92 Å². The smallest absolute Gasteiger partial charge is 0.303 e. The number of hydrogen-bond donors (Lipinski definition) is 0. The third-order valence-corrected chi connectivity index (χ3v) is 4.56. The molecule has 0 spiro atoms. The molecule has 4 atom stereocenters. The molecule has 9 heteroatoms. The summed E-state index contributed by atoms with van der Waals surface area (Å²) in [7, 11) is 0. The average molecular weight is 422 g/mol. The van der Waals surface area contributed by atoms with Crippen LogP contribution in [-0.2, 0) is 48.5 Å². The molecule has 164 valence electrons. The van der Waals surface area contributed by atoms with Crippen molar-refractivity contribution in [3.8, 4) is 0 Å². The van der Waals surface area contributed by atoms with Gasteiger partial charge in [-0.3, -0.25) is 19.2 Å². The fraction of sp³-hybridized carbons (Fsp3) is 0.524. The Balaban J connectivity index is 2.58. The summed E-state index contributed by atoms with van der Waals surface area (Å²) in [6.45, 7) is 6.20. The summed E-state index contributed by atoms with van der Waals surface area (Å²) < 4.78 is 27.4. The van der Waals surface area contributed by atoms with Gasteiger partial charge in [0, 0.05) is 27.7 Å². The Hall–Kier alpha value is -2.94. The zero-order chi connectivity index (χ0) is 22.5. The molecule has 0 N–H and O–H groups in total. The van der Waals surface area contributed by atoms with Crippen LogP contribution in [0.1, 0.15) is 38.8 Å². The monoisotopic (exact) mass is 422 g/mol. The second-order valence-electron chi connectivity index (χ2n) is 7.10. The first kappa shape index (κ1) is 23.3. The van der Waals surface area contributed by atoms with E-state index in [0.717, 1.165) is 5.56 Å². The maximum Gasteiger partial charge on any atom is 0.303 e. The number of carbonyl (C=O) groups is 4. The summed E-state index contributed by atoms with van der Waals surface area (Å²) in [6.07, 6.45) is -3.21. The molecule has 30 heavy (non-hydrogen) atoms. The number of hydrogen-bond acceptors (Lipinski definition) is 9. The molecule has 9 nitrogen and oxygen atoms in total. The van der Waals surface area contributed by atoms with E-state index in [1.54, 1.807) is 12.1 Å². The maximum absolute atomic E-state index is 11.9. The lowest BCUT2D eigenvalue weighted by Crippen LogP contribution is -2.48. The van der Waals surface area contributed by atoms with Crippen molar-refractivity contribution in [2.24, 2.45) is 0 Å². The molecule has 1 aliphatic rings. The van der Waals surface area contributed by atoms with Crippen LogP contribution in [0.15, 0.2) is 24.3 Å². The van der Waals surface area contributed by atoms with Crippen molar-refractivity contribution in [1.29, 1.82) is 0 Å². The highest BCUT2D eigenvalue weighted by Crippen LogP contribution is 2.44. The van der Waals surface area contributed by atoms with E-state index in [2.05, 4.69) is 0 Å². The molecule has 2 rings (SSSR count).